The summed E-state index contributed by atoms with van der Waals surface area (Å²) in [5, 5.41) is 0. The minimum Gasteiger partial charge on any atom is -0.459 e. The molecular weight excluding hydrogens is 356 g/mol. The molecule has 0 saturated heterocycles. The number of carbonyl (C=O) groups is 1. The van der Waals surface area contributed by atoms with Gasteiger partial charge in [-0.3, -0.25) is 9.59 Å². The molecule has 1 heterocycles. The highest BCUT2D eigenvalue weighted by Crippen LogP contribution is 2.19. The average molecular weight is 378 g/mol. The van der Waals surface area contributed by atoms with Crippen LogP contribution in [0, 0.1) is 0 Å². The van der Waals surface area contributed by atoms with E-state index in [2.05, 4.69) is 0 Å². The summed E-state index contributed by atoms with van der Waals surface area (Å²) >= 11 is 0. The van der Waals surface area contributed by atoms with E-state index in [-0.39, 0.29) is 11.4 Å². The Kier molecular flexibility index (Phi) is 5.56. The van der Waals surface area contributed by atoms with Crippen LogP contribution in [0.15, 0.2) is 52.3 Å². The number of nitrogens with two attached hydrogens (primary N) is 1. The van der Waals surface area contributed by atoms with Crippen molar-refractivity contribution in [3.63, 3.8) is 0 Å². The minimum atomic E-state index is -3.98. The summed E-state index contributed by atoms with van der Waals surface area (Å²) in [6.07, 6.45) is 1.28. The van der Waals surface area contributed by atoms with Gasteiger partial charge in [-0.15, -0.1) is 0 Å². The zero-order valence-corrected chi connectivity index (χ0v) is 15.7. The van der Waals surface area contributed by atoms with Crippen LogP contribution < -0.4 is 11.3 Å². The maximum atomic E-state index is 12.7. The monoisotopic (exact) mass is 378 g/mol. The maximum absolute atomic E-state index is 12.7. The highest BCUT2D eigenvalue weighted by molar-refractivity contribution is 7.90. The fourth-order valence-electron chi connectivity index (χ4n) is 2.38. The van der Waals surface area contributed by atoms with Crippen molar-refractivity contribution >= 4 is 21.5 Å². The molecule has 0 saturated carbocycles. The average Bonchev–Trinajstić information content (AvgIpc) is 2.48. The first-order valence-corrected chi connectivity index (χ1v) is 9.62. The molecule has 0 fully saturated rings. The number of aromatic nitrogens is 1. The summed E-state index contributed by atoms with van der Waals surface area (Å²) in [7, 11) is -3.98. The molecule has 1 aromatic carbocycles. The molecule has 26 heavy (non-hydrogen) atoms. The van der Waals surface area contributed by atoms with Crippen molar-refractivity contribution in [2.24, 2.45) is 0 Å². The number of hydrogen-bond acceptors (Lipinski definition) is 6. The first-order valence-electron chi connectivity index (χ1n) is 7.97. The normalized spacial score (nSPS) is 12.0. The van der Waals surface area contributed by atoms with E-state index >= 15 is 0 Å². The standard InChI is InChI=1S/C18H22N2O5S/c1-18(2,3)25-15(21)11-20-10-9-14(19)16(17(20)22)26(23,24)12-13-7-5-4-6-8-13/h4-10H,11-12,19H2,1-3H3. The van der Waals surface area contributed by atoms with Crippen LogP contribution >= 0.6 is 0 Å². The first-order chi connectivity index (χ1) is 12.0. The summed E-state index contributed by atoms with van der Waals surface area (Å²) in [6.45, 7) is 4.70. The Balaban J connectivity index is 2.38. The molecule has 1 aromatic heterocycles. The van der Waals surface area contributed by atoms with Gasteiger partial charge in [0.05, 0.1) is 11.4 Å². The van der Waals surface area contributed by atoms with Gasteiger partial charge in [0.1, 0.15) is 12.1 Å². The molecule has 140 valence electrons. The first kappa shape index (κ1) is 19.7. The lowest BCUT2D eigenvalue weighted by molar-refractivity contribution is -0.155. The van der Waals surface area contributed by atoms with Crippen LogP contribution in [0.1, 0.15) is 26.3 Å². The van der Waals surface area contributed by atoms with Gasteiger partial charge in [0.2, 0.25) is 0 Å². The fraction of sp³-hybridized carbons (Fsp3) is 0.333. The Morgan fingerprint density at radius 2 is 1.77 bits per heavy atom. The van der Waals surface area contributed by atoms with Gasteiger partial charge in [0.15, 0.2) is 14.7 Å². The molecule has 8 heteroatoms. The topological polar surface area (TPSA) is 108 Å². The van der Waals surface area contributed by atoms with Crippen LogP contribution in [0.3, 0.4) is 0 Å². The lowest BCUT2D eigenvalue weighted by Crippen LogP contribution is -2.33. The number of ether oxygens (including phenoxy) is 1. The third kappa shape index (κ3) is 4.95. The van der Waals surface area contributed by atoms with Crippen LogP contribution in [0.2, 0.25) is 0 Å². The fourth-order valence-corrected chi connectivity index (χ4v) is 3.97. The number of carbonyl (C=O) groups excluding carboxylic acids is 1. The highest BCUT2D eigenvalue weighted by atomic mass is 32.2. The molecule has 0 aliphatic rings. The molecular formula is C18H22N2O5S. The Morgan fingerprint density at radius 1 is 1.15 bits per heavy atom. The number of benzene rings is 1. The van der Waals surface area contributed by atoms with Crippen molar-refractivity contribution < 1.29 is 17.9 Å². The van der Waals surface area contributed by atoms with Gasteiger partial charge in [-0.05, 0) is 32.4 Å². The second-order valence-corrected chi connectivity index (χ2v) is 8.79. The number of sulfone groups is 1. The summed E-state index contributed by atoms with van der Waals surface area (Å²) < 4.78 is 31.6. The Morgan fingerprint density at radius 3 is 2.35 bits per heavy atom. The van der Waals surface area contributed by atoms with Gasteiger partial charge in [0, 0.05) is 6.20 Å². The van der Waals surface area contributed by atoms with Crippen LogP contribution in [0.5, 0.6) is 0 Å². The van der Waals surface area contributed by atoms with Crippen molar-refractivity contribution in [1.82, 2.24) is 4.57 Å². The van der Waals surface area contributed by atoms with E-state index in [1.54, 1.807) is 51.1 Å². The van der Waals surface area contributed by atoms with E-state index in [4.69, 9.17) is 10.5 Å². The van der Waals surface area contributed by atoms with E-state index in [1.807, 2.05) is 0 Å². The van der Waals surface area contributed by atoms with Gasteiger partial charge in [0.25, 0.3) is 5.56 Å². The third-order valence-electron chi connectivity index (χ3n) is 3.38. The number of nitrogens with zero attached hydrogens (tertiary/aromatic N) is 1. The van der Waals surface area contributed by atoms with Gasteiger partial charge < -0.3 is 15.0 Å². The van der Waals surface area contributed by atoms with Gasteiger partial charge in [-0.2, -0.15) is 0 Å². The van der Waals surface area contributed by atoms with Crippen LogP contribution in [-0.4, -0.2) is 24.6 Å². The summed E-state index contributed by atoms with van der Waals surface area (Å²) in [5.41, 5.74) is 4.59. The Hall–Kier alpha value is -2.61. The molecule has 2 aromatic rings. The Bertz CT molecular complexity index is 957. The summed E-state index contributed by atoms with van der Waals surface area (Å²) in [6, 6.07) is 9.77. The summed E-state index contributed by atoms with van der Waals surface area (Å²) in [4.78, 5) is 24.1. The quantitative estimate of drug-likeness (QED) is 0.794. The smallest absolute Gasteiger partial charge is 0.326 e. The lowest BCUT2D eigenvalue weighted by Gasteiger charge is -2.20. The van der Waals surface area contributed by atoms with Crippen molar-refractivity contribution in [2.75, 3.05) is 5.73 Å². The number of hydrogen-bond donors (Lipinski definition) is 1. The lowest BCUT2D eigenvalue weighted by atomic mass is 10.2. The van der Waals surface area contributed by atoms with E-state index in [9.17, 15) is 18.0 Å². The molecule has 0 bridgehead atoms. The molecule has 0 unspecified atom stereocenters. The number of anilines is 1. The number of nitrogen functional groups attached to an aromatic ring is 1. The number of esters is 1. The van der Waals surface area contributed by atoms with E-state index in [1.165, 1.54) is 12.3 Å². The Labute approximate surface area is 152 Å². The second-order valence-electron chi connectivity index (χ2n) is 6.86. The van der Waals surface area contributed by atoms with Crippen LogP contribution in [0.4, 0.5) is 5.69 Å². The second kappa shape index (κ2) is 7.33. The maximum Gasteiger partial charge on any atom is 0.326 e. The van der Waals surface area contributed by atoms with Crippen molar-refractivity contribution in [3.8, 4) is 0 Å². The number of rotatable bonds is 5. The van der Waals surface area contributed by atoms with Gasteiger partial charge >= 0.3 is 5.97 Å². The van der Waals surface area contributed by atoms with Gasteiger partial charge in [-0.25, -0.2) is 8.42 Å². The molecule has 2 N–H and O–H groups in total. The molecule has 2 rings (SSSR count). The molecule has 0 atom stereocenters. The van der Waals surface area contributed by atoms with Gasteiger partial charge in [-0.1, -0.05) is 30.3 Å². The van der Waals surface area contributed by atoms with Crippen molar-refractivity contribution in [1.29, 1.82) is 0 Å². The zero-order chi connectivity index (χ0) is 19.5. The van der Waals surface area contributed by atoms with E-state index in [0.717, 1.165) is 4.57 Å². The van der Waals surface area contributed by atoms with Crippen molar-refractivity contribution in [2.45, 2.75) is 43.6 Å². The van der Waals surface area contributed by atoms with Crippen molar-refractivity contribution in [3.05, 3.63) is 58.5 Å². The van der Waals surface area contributed by atoms with Crippen LogP contribution in [-0.2, 0) is 31.7 Å². The zero-order valence-electron chi connectivity index (χ0n) is 14.9. The molecule has 7 nitrogen and oxygen atoms in total. The minimum absolute atomic E-state index is 0.147. The molecule has 0 radical (unpaired) electrons. The SMILES string of the molecule is CC(C)(C)OC(=O)Cn1ccc(N)c(S(=O)(=O)Cc2ccccc2)c1=O. The molecule has 0 aliphatic carbocycles. The summed E-state index contributed by atoms with van der Waals surface area (Å²) in [5.74, 6) is -1.00. The predicted molar refractivity (Wildman–Crippen MR) is 98.3 cm³/mol. The predicted octanol–water partition coefficient (Wildman–Crippen LogP) is 1.75. The third-order valence-corrected chi connectivity index (χ3v) is 5.13. The van der Waals surface area contributed by atoms with Crippen LogP contribution in [0.25, 0.3) is 0 Å². The molecule has 0 spiro atoms. The highest BCUT2D eigenvalue weighted by Gasteiger charge is 2.25. The van der Waals surface area contributed by atoms with E-state index in [0.29, 0.717) is 5.56 Å². The number of pyridine rings is 1. The van der Waals surface area contributed by atoms with E-state index < -0.39 is 38.4 Å². The molecule has 0 amide bonds. The molecule has 0 aliphatic heterocycles. The largest absolute Gasteiger partial charge is 0.459 e.